The lowest BCUT2D eigenvalue weighted by Gasteiger charge is -2.34. The predicted molar refractivity (Wildman–Crippen MR) is 134 cm³/mol. The van der Waals surface area contributed by atoms with Gasteiger partial charge < -0.3 is 15.5 Å². The molecule has 7 heteroatoms. The van der Waals surface area contributed by atoms with Crippen molar-refractivity contribution in [3.63, 3.8) is 0 Å². The Morgan fingerprint density at radius 1 is 1.22 bits per heavy atom. The maximum atomic E-state index is 12.7. The van der Waals surface area contributed by atoms with Gasteiger partial charge in [0.25, 0.3) is 0 Å². The van der Waals surface area contributed by atoms with Crippen molar-refractivity contribution < 1.29 is 4.79 Å². The fourth-order valence-corrected chi connectivity index (χ4v) is 4.65. The number of nitrogens with zero attached hydrogens (tertiary/aromatic N) is 2. The molecule has 1 fully saturated rings. The molecule has 0 bridgehead atoms. The van der Waals surface area contributed by atoms with Crippen molar-refractivity contribution in [3.8, 4) is 0 Å². The van der Waals surface area contributed by atoms with E-state index in [-0.39, 0.29) is 29.8 Å². The lowest BCUT2D eigenvalue weighted by atomic mass is 9.99. The number of amides is 1. The third-order valence-corrected chi connectivity index (χ3v) is 6.59. The summed E-state index contributed by atoms with van der Waals surface area (Å²) in [6, 6.07) is 0.164. The Labute approximate surface area is 194 Å². The molecule has 4 N–H and O–H groups in total. The average Bonchev–Trinajstić information content (AvgIpc) is 3.32. The van der Waals surface area contributed by atoms with E-state index in [0.29, 0.717) is 11.7 Å². The second kappa shape index (κ2) is 13.5. The molecular formula is C25H44N6O. The Morgan fingerprint density at radius 3 is 2.47 bits per heavy atom. The highest BCUT2D eigenvalue weighted by Gasteiger charge is 2.26. The van der Waals surface area contributed by atoms with E-state index in [4.69, 9.17) is 10.8 Å². The summed E-state index contributed by atoms with van der Waals surface area (Å²) >= 11 is 0. The SMILES string of the molecule is CCC(CCNCCC(NC(=O)C1CCCC1)C1=CCCN=C1)N(C(C)=N)C(=N)C(C)C. The van der Waals surface area contributed by atoms with Gasteiger partial charge in [0.2, 0.25) is 5.91 Å². The maximum absolute atomic E-state index is 12.7. The molecule has 2 unspecified atom stereocenters. The predicted octanol–water partition coefficient (Wildman–Crippen LogP) is 4.14. The minimum Gasteiger partial charge on any atom is -0.349 e. The minimum absolute atomic E-state index is 0.0102. The number of carbonyl (C=O) groups excluding carboxylic acids is 1. The Balaban J connectivity index is 1.86. The second-order valence-electron chi connectivity index (χ2n) is 9.46. The third kappa shape index (κ3) is 7.84. The van der Waals surface area contributed by atoms with Crippen LogP contribution in [0.4, 0.5) is 0 Å². The monoisotopic (exact) mass is 444 g/mol. The normalized spacial score (nSPS) is 18.3. The number of carbonyl (C=O) groups is 1. The molecule has 0 aromatic carbocycles. The van der Waals surface area contributed by atoms with E-state index in [1.54, 1.807) is 6.92 Å². The highest BCUT2D eigenvalue weighted by molar-refractivity contribution is 5.98. The van der Waals surface area contributed by atoms with Gasteiger partial charge in [0, 0.05) is 30.6 Å². The van der Waals surface area contributed by atoms with Gasteiger partial charge in [-0.1, -0.05) is 39.7 Å². The van der Waals surface area contributed by atoms with Crippen molar-refractivity contribution in [1.82, 2.24) is 15.5 Å². The summed E-state index contributed by atoms with van der Waals surface area (Å²) in [6.45, 7) is 10.4. The van der Waals surface area contributed by atoms with Crippen molar-refractivity contribution in [1.29, 1.82) is 10.8 Å². The molecule has 180 valence electrons. The highest BCUT2D eigenvalue weighted by atomic mass is 16.1. The van der Waals surface area contributed by atoms with Gasteiger partial charge >= 0.3 is 0 Å². The summed E-state index contributed by atoms with van der Waals surface area (Å²) in [4.78, 5) is 19.0. The zero-order chi connectivity index (χ0) is 23.5. The molecule has 0 saturated heterocycles. The molecule has 0 aromatic heterocycles. The van der Waals surface area contributed by atoms with E-state index in [0.717, 1.165) is 76.6 Å². The van der Waals surface area contributed by atoms with E-state index in [9.17, 15) is 4.79 Å². The first-order chi connectivity index (χ1) is 15.3. The number of nitrogens with one attached hydrogen (secondary N) is 4. The zero-order valence-corrected chi connectivity index (χ0v) is 20.5. The van der Waals surface area contributed by atoms with Gasteiger partial charge in [-0.2, -0.15) is 0 Å². The van der Waals surface area contributed by atoms with Gasteiger partial charge in [0.15, 0.2) is 0 Å². The van der Waals surface area contributed by atoms with Crippen LogP contribution in [0, 0.1) is 22.7 Å². The smallest absolute Gasteiger partial charge is 0.223 e. The number of hydrogen-bond donors (Lipinski definition) is 4. The molecule has 1 amide bonds. The molecule has 0 spiro atoms. The summed E-state index contributed by atoms with van der Waals surface area (Å²) in [5.74, 6) is 1.43. The van der Waals surface area contributed by atoms with E-state index in [1.165, 1.54) is 0 Å². The topological polar surface area (TPSA) is 104 Å². The van der Waals surface area contributed by atoms with Crippen molar-refractivity contribution in [2.45, 2.75) is 91.1 Å². The number of rotatable bonds is 12. The molecular weight excluding hydrogens is 400 g/mol. The first-order valence-corrected chi connectivity index (χ1v) is 12.5. The number of hydrogen-bond acceptors (Lipinski definition) is 5. The van der Waals surface area contributed by atoms with Gasteiger partial charge in [-0.05, 0) is 64.1 Å². The molecule has 32 heavy (non-hydrogen) atoms. The number of dihydropyridines is 1. The molecule has 0 radical (unpaired) electrons. The van der Waals surface area contributed by atoms with E-state index in [1.807, 2.05) is 25.0 Å². The Morgan fingerprint density at radius 2 is 1.91 bits per heavy atom. The summed E-state index contributed by atoms with van der Waals surface area (Å²) in [5.41, 5.74) is 1.13. The van der Waals surface area contributed by atoms with Crippen LogP contribution in [0.2, 0.25) is 0 Å². The van der Waals surface area contributed by atoms with E-state index < -0.39 is 0 Å². The first kappa shape index (κ1) is 26.2. The van der Waals surface area contributed by atoms with Crippen LogP contribution in [-0.2, 0) is 4.79 Å². The van der Waals surface area contributed by atoms with Crippen molar-refractivity contribution >= 4 is 23.8 Å². The van der Waals surface area contributed by atoms with Crippen molar-refractivity contribution in [2.24, 2.45) is 16.8 Å². The molecule has 7 nitrogen and oxygen atoms in total. The molecule has 1 aliphatic heterocycles. The van der Waals surface area contributed by atoms with Crippen LogP contribution in [0.25, 0.3) is 0 Å². The maximum Gasteiger partial charge on any atom is 0.223 e. The molecule has 0 aromatic rings. The molecule has 1 heterocycles. The molecule has 2 atom stereocenters. The van der Waals surface area contributed by atoms with Crippen molar-refractivity contribution in [2.75, 3.05) is 19.6 Å². The Hall–Kier alpha value is -2.02. The standard InChI is InChI=1S/C25H44N6O/c1-5-22(31(19(4)26)24(27)18(2)3)12-15-28-16-13-23(21-11-8-14-29-17-21)30-25(32)20-9-6-7-10-20/h11,17-18,20,22-23,26-28H,5-10,12-16H2,1-4H3,(H,30,32). The fourth-order valence-electron chi connectivity index (χ4n) is 4.65. The summed E-state index contributed by atoms with van der Waals surface area (Å²) in [7, 11) is 0. The zero-order valence-electron chi connectivity index (χ0n) is 20.5. The van der Waals surface area contributed by atoms with Gasteiger partial charge in [-0.25, -0.2) is 0 Å². The van der Waals surface area contributed by atoms with Crippen LogP contribution in [0.15, 0.2) is 16.6 Å². The lowest BCUT2D eigenvalue weighted by molar-refractivity contribution is -0.125. The largest absolute Gasteiger partial charge is 0.349 e. The second-order valence-corrected chi connectivity index (χ2v) is 9.46. The van der Waals surface area contributed by atoms with Crippen molar-refractivity contribution in [3.05, 3.63) is 11.6 Å². The van der Waals surface area contributed by atoms with Gasteiger partial charge in [-0.15, -0.1) is 0 Å². The summed E-state index contributed by atoms with van der Waals surface area (Å²) in [5, 5.41) is 23.4. The van der Waals surface area contributed by atoms with Crippen LogP contribution in [0.1, 0.15) is 79.1 Å². The third-order valence-electron chi connectivity index (χ3n) is 6.59. The fraction of sp³-hybridized carbons (Fsp3) is 0.760. The van der Waals surface area contributed by atoms with Gasteiger partial charge in [0.05, 0.1) is 11.9 Å². The van der Waals surface area contributed by atoms with E-state index in [2.05, 4.69) is 28.6 Å². The van der Waals surface area contributed by atoms with Crippen LogP contribution >= 0.6 is 0 Å². The Kier molecular flexibility index (Phi) is 11.1. The van der Waals surface area contributed by atoms with Crippen LogP contribution < -0.4 is 10.6 Å². The molecule has 1 saturated carbocycles. The summed E-state index contributed by atoms with van der Waals surface area (Å²) in [6.07, 6.45) is 12.0. The highest BCUT2D eigenvalue weighted by Crippen LogP contribution is 2.25. The Bertz CT molecular complexity index is 693. The number of aliphatic imine (C=N–C) groups is 1. The minimum atomic E-state index is 0.0102. The van der Waals surface area contributed by atoms with Crippen LogP contribution in [0.5, 0.6) is 0 Å². The summed E-state index contributed by atoms with van der Waals surface area (Å²) < 4.78 is 0. The average molecular weight is 445 g/mol. The molecule has 2 aliphatic rings. The first-order valence-electron chi connectivity index (χ1n) is 12.5. The number of amidine groups is 2. The van der Waals surface area contributed by atoms with E-state index >= 15 is 0 Å². The van der Waals surface area contributed by atoms with Gasteiger partial charge in [-0.3, -0.25) is 20.6 Å². The lowest BCUT2D eigenvalue weighted by Crippen LogP contribution is -2.46. The molecule has 2 rings (SSSR count). The van der Waals surface area contributed by atoms with Crippen LogP contribution in [-0.4, -0.2) is 60.4 Å². The van der Waals surface area contributed by atoms with Gasteiger partial charge in [0.1, 0.15) is 5.84 Å². The van der Waals surface area contributed by atoms with Crippen LogP contribution in [0.3, 0.4) is 0 Å². The molecule has 1 aliphatic carbocycles. The quantitative estimate of drug-likeness (QED) is 0.206.